The van der Waals surface area contributed by atoms with Crippen LogP contribution in [0.15, 0.2) is 0 Å². The number of hydrogen-bond acceptors (Lipinski definition) is 4. The maximum Gasteiger partial charge on any atom is 0.322 e. The number of carbonyl (C=O) groups is 1. The van der Waals surface area contributed by atoms with Crippen molar-refractivity contribution in [1.29, 1.82) is 0 Å². The fourth-order valence-corrected chi connectivity index (χ4v) is 3.34. The van der Waals surface area contributed by atoms with E-state index in [1.165, 1.54) is 19.4 Å². The van der Waals surface area contributed by atoms with Crippen LogP contribution in [0.3, 0.4) is 0 Å². The van der Waals surface area contributed by atoms with Gasteiger partial charge in [-0.3, -0.25) is 14.6 Å². The first kappa shape index (κ1) is 14.8. The largest absolute Gasteiger partial charge is 0.480 e. The molecule has 5 nitrogen and oxygen atoms in total. The van der Waals surface area contributed by atoms with Gasteiger partial charge in [-0.15, -0.1) is 0 Å². The van der Waals surface area contributed by atoms with Crippen LogP contribution in [0.5, 0.6) is 0 Å². The van der Waals surface area contributed by atoms with Crippen LogP contribution in [-0.4, -0.2) is 71.2 Å². The molecule has 2 fully saturated rings. The van der Waals surface area contributed by atoms with Gasteiger partial charge in [0.1, 0.15) is 6.04 Å². The number of piperazine rings is 1. The predicted octanol–water partition coefficient (Wildman–Crippen LogP) is 0.606. The van der Waals surface area contributed by atoms with E-state index in [4.69, 9.17) is 0 Å². The maximum atomic E-state index is 11.3. The minimum atomic E-state index is -0.741. The first-order valence-electron chi connectivity index (χ1n) is 7.44. The lowest BCUT2D eigenvalue weighted by atomic mass is 10.1. The Morgan fingerprint density at radius 1 is 1.42 bits per heavy atom. The Balaban J connectivity index is 1.94. The summed E-state index contributed by atoms with van der Waals surface area (Å²) in [7, 11) is 0. The second-order valence-corrected chi connectivity index (χ2v) is 6.31. The van der Waals surface area contributed by atoms with E-state index in [2.05, 4.69) is 22.0 Å². The number of aliphatic carboxylic acids is 1. The third-order valence-electron chi connectivity index (χ3n) is 4.32. The monoisotopic (exact) mass is 269 g/mol. The number of nitrogens with one attached hydrogen (secondary N) is 1. The Morgan fingerprint density at radius 3 is 2.79 bits per heavy atom. The Morgan fingerprint density at radius 2 is 2.16 bits per heavy atom. The number of carboxylic acids is 1. The molecule has 3 atom stereocenters. The van der Waals surface area contributed by atoms with Crippen molar-refractivity contribution in [2.24, 2.45) is 0 Å². The average molecular weight is 269 g/mol. The Labute approximate surface area is 115 Å². The van der Waals surface area contributed by atoms with Gasteiger partial charge in [-0.05, 0) is 26.3 Å². The fraction of sp³-hybridized carbons (Fsp3) is 0.929. The van der Waals surface area contributed by atoms with Crippen LogP contribution in [0.25, 0.3) is 0 Å². The van der Waals surface area contributed by atoms with Crippen LogP contribution in [0.4, 0.5) is 0 Å². The highest BCUT2D eigenvalue weighted by Gasteiger charge is 2.36. The zero-order valence-electron chi connectivity index (χ0n) is 12.3. The lowest BCUT2D eigenvalue weighted by Crippen LogP contribution is -2.59. The molecular formula is C14H27N3O2. The lowest BCUT2D eigenvalue weighted by Gasteiger charge is -2.43. The molecule has 0 aromatic heterocycles. The molecule has 0 aromatic rings. The highest BCUT2D eigenvalue weighted by molar-refractivity contribution is 5.73. The van der Waals surface area contributed by atoms with Crippen molar-refractivity contribution in [2.45, 2.75) is 57.8 Å². The summed E-state index contributed by atoms with van der Waals surface area (Å²) in [6.07, 6.45) is 2.55. The summed E-state index contributed by atoms with van der Waals surface area (Å²) in [5.41, 5.74) is 0. The van der Waals surface area contributed by atoms with Crippen molar-refractivity contribution in [3.8, 4) is 0 Å². The van der Waals surface area contributed by atoms with Crippen molar-refractivity contribution >= 4 is 5.97 Å². The molecule has 2 aliphatic heterocycles. The molecule has 2 rings (SSSR count). The molecule has 0 spiro atoms. The molecule has 110 valence electrons. The number of rotatable bonds is 5. The third-order valence-corrected chi connectivity index (χ3v) is 4.32. The average Bonchev–Trinajstić information content (AvgIpc) is 2.74. The van der Waals surface area contributed by atoms with Gasteiger partial charge in [0.05, 0.1) is 0 Å². The van der Waals surface area contributed by atoms with Gasteiger partial charge in [-0.1, -0.05) is 13.8 Å². The second kappa shape index (κ2) is 6.20. The molecule has 0 amide bonds. The standard InChI is InChI=1S/C14H27N3O2/c1-10(2)15-13(14(18)19)9-17-8-12-5-4-6-16(12)7-11(17)3/h10-13,15H,4-9H2,1-3H3,(H,18,19). The molecule has 0 bridgehead atoms. The van der Waals surface area contributed by atoms with Crippen molar-refractivity contribution in [2.75, 3.05) is 26.2 Å². The summed E-state index contributed by atoms with van der Waals surface area (Å²) in [6.45, 7) is 10.1. The third kappa shape index (κ3) is 3.68. The number of fused-ring (bicyclic) bond motifs is 1. The number of carboxylic acid groups (broad SMARTS) is 1. The predicted molar refractivity (Wildman–Crippen MR) is 75.3 cm³/mol. The van der Waals surface area contributed by atoms with Crippen molar-refractivity contribution < 1.29 is 9.90 Å². The van der Waals surface area contributed by atoms with E-state index in [-0.39, 0.29) is 6.04 Å². The van der Waals surface area contributed by atoms with Gasteiger partial charge in [0.15, 0.2) is 0 Å². The highest BCUT2D eigenvalue weighted by atomic mass is 16.4. The molecule has 0 aliphatic carbocycles. The van der Waals surface area contributed by atoms with E-state index in [0.717, 1.165) is 13.1 Å². The molecule has 2 saturated heterocycles. The van der Waals surface area contributed by atoms with Gasteiger partial charge in [0.25, 0.3) is 0 Å². The fourth-order valence-electron chi connectivity index (χ4n) is 3.34. The van der Waals surface area contributed by atoms with Gasteiger partial charge < -0.3 is 10.4 Å². The summed E-state index contributed by atoms with van der Waals surface area (Å²) in [5, 5.41) is 12.5. The zero-order valence-corrected chi connectivity index (χ0v) is 12.3. The van der Waals surface area contributed by atoms with E-state index in [0.29, 0.717) is 18.6 Å². The minimum absolute atomic E-state index is 0.198. The van der Waals surface area contributed by atoms with Crippen LogP contribution in [0.2, 0.25) is 0 Å². The van der Waals surface area contributed by atoms with Gasteiger partial charge >= 0.3 is 5.97 Å². The molecule has 2 N–H and O–H groups in total. The van der Waals surface area contributed by atoms with Crippen LogP contribution in [-0.2, 0) is 4.79 Å². The highest BCUT2D eigenvalue weighted by Crippen LogP contribution is 2.24. The molecule has 19 heavy (non-hydrogen) atoms. The molecule has 0 radical (unpaired) electrons. The number of hydrogen-bond donors (Lipinski definition) is 2. The van der Waals surface area contributed by atoms with Gasteiger partial charge in [-0.2, -0.15) is 0 Å². The molecule has 5 heteroatoms. The van der Waals surface area contributed by atoms with Crippen molar-refractivity contribution in [1.82, 2.24) is 15.1 Å². The number of nitrogens with zero attached hydrogens (tertiary/aromatic N) is 2. The summed E-state index contributed by atoms with van der Waals surface area (Å²) in [4.78, 5) is 16.3. The Hall–Kier alpha value is -0.650. The summed E-state index contributed by atoms with van der Waals surface area (Å²) >= 11 is 0. The van der Waals surface area contributed by atoms with Crippen LogP contribution >= 0.6 is 0 Å². The zero-order chi connectivity index (χ0) is 14.0. The van der Waals surface area contributed by atoms with Crippen molar-refractivity contribution in [3.05, 3.63) is 0 Å². The van der Waals surface area contributed by atoms with E-state index in [1.807, 2.05) is 13.8 Å². The lowest BCUT2D eigenvalue weighted by molar-refractivity contribution is -0.140. The van der Waals surface area contributed by atoms with Gasteiger partial charge in [0, 0.05) is 37.8 Å². The topological polar surface area (TPSA) is 55.8 Å². The van der Waals surface area contributed by atoms with Gasteiger partial charge in [-0.25, -0.2) is 0 Å². The molecule has 2 heterocycles. The normalized spacial score (nSPS) is 30.5. The maximum absolute atomic E-state index is 11.3. The second-order valence-electron chi connectivity index (χ2n) is 6.31. The molecule has 0 aromatic carbocycles. The molecule has 2 aliphatic rings. The SMILES string of the molecule is CC(C)NC(CN1CC2CCCN2CC1C)C(=O)O. The van der Waals surface area contributed by atoms with E-state index < -0.39 is 12.0 Å². The Kier molecular flexibility index (Phi) is 4.81. The molecule has 3 unspecified atom stereocenters. The van der Waals surface area contributed by atoms with Gasteiger partial charge in [0.2, 0.25) is 0 Å². The van der Waals surface area contributed by atoms with E-state index in [1.54, 1.807) is 0 Å². The van der Waals surface area contributed by atoms with E-state index in [9.17, 15) is 9.90 Å². The quantitative estimate of drug-likeness (QED) is 0.766. The summed E-state index contributed by atoms with van der Waals surface area (Å²) in [5.74, 6) is -0.741. The first-order valence-corrected chi connectivity index (χ1v) is 7.44. The first-order chi connectivity index (χ1) is 8.97. The Bertz CT molecular complexity index is 322. The molecular weight excluding hydrogens is 242 g/mol. The van der Waals surface area contributed by atoms with Crippen molar-refractivity contribution in [3.63, 3.8) is 0 Å². The molecule has 0 saturated carbocycles. The minimum Gasteiger partial charge on any atom is -0.480 e. The smallest absolute Gasteiger partial charge is 0.322 e. The van der Waals surface area contributed by atoms with Crippen LogP contribution in [0, 0.1) is 0 Å². The van der Waals surface area contributed by atoms with Crippen LogP contribution < -0.4 is 5.32 Å². The summed E-state index contributed by atoms with van der Waals surface area (Å²) in [6, 6.07) is 0.828. The van der Waals surface area contributed by atoms with Crippen LogP contribution in [0.1, 0.15) is 33.6 Å². The van der Waals surface area contributed by atoms with E-state index >= 15 is 0 Å². The summed E-state index contributed by atoms with van der Waals surface area (Å²) < 4.78 is 0.